The molecule has 1 aliphatic carbocycles. The number of aryl methyl sites for hydroxylation is 1. The van der Waals surface area contributed by atoms with Crippen molar-refractivity contribution in [3.05, 3.63) is 70.2 Å². The van der Waals surface area contributed by atoms with Gasteiger partial charge in [-0.05, 0) is 61.1 Å². The summed E-state index contributed by atoms with van der Waals surface area (Å²) < 4.78 is 0. The Morgan fingerprint density at radius 1 is 1.07 bits per heavy atom. The maximum atomic E-state index is 13.0. The van der Waals surface area contributed by atoms with Crippen molar-refractivity contribution in [3.8, 4) is 0 Å². The van der Waals surface area contributed by atoms with E-state index in [2.05, 4.69) is 24.4 Å². The summed E-state index contributed by atoms with van der Waals surface area (Å²) >= 11 is 5.95. The third-order valence-corrected chi connectivity index (χ3v) is 6.14. The molecule has 0 spiro atoms. The Bertz CT molecular complexity index is 876. The fourth-order valence-corrected chi connectivity index (χ4v) is 4.15. The summed E-state index contributed by atoms with van der Waals surface area (Å²) in [5.74, 6) is 0.432. The van der Waals surface area contributed by atoms with E-state index in [9.17, 15) is 9.59 Å². The minimum atomic E-state index is -0.226. The van der Waals surface area contributed by atoms with Crippen molar-refractivity contribution in [1.29, 1.82) is 0 Å². The van der Waals surface area contributed by atoms with Crippen LogP contribution in [0.5, 0.6) is 0 Å². The van der Waals surface area contributed by atoms with Crippen molar-refractivity contribution in [1.82, 2.24) is 10.2 Å². The van der Waals surface area contributed by atoms with Crippen LogP contribution >= 0.6 is 11.6 Å². The third-order valence-electron chi connectivity index (χ3n) is 5.88. The first-order valence-electron chi connectivity index (χ1n) is 9.91. The molecule has 2 aromatic rings. The normalized spacial score (nSPS) is 21.6. The largest absolute Gasteiger partial charge is 0.356 e. The number of rotatable bonds is 5. The molecule has 2 aliphatic rings. The molecule has 2 fully saturated rings. The van der Waals surface area contributed by atoms with Crippen LogP contribution in [-0.4, -0.2) is 36.3 Å². The molecular formula is C23H25ClN2O2. The quantitative estimate of drug-likeness (QED) is 0.829. The summed E-state index contributed by atoms with van der Waals surface area (Å²) in [6.45, 7) is 3.81. The molecule has 4 nitrogen and oxygen atoms in total. The van der Waals surface area contributed by atoms with E-state index in [-0.39, 0.29) is 23.7 Å². The van der Waals surface area contributed by atoms with Gasteiger partial charge in [-0.1, -0.05) is 35.9 Å². The summed E-state index contributed by atoms with van der Waals surface area (Å²) in [5, 5.41) is 3.72. The van der Waals surface area contributed by atoms with Crippen LogP contribution in [0.4, 0.5) is 0 Å². The number of nitrogens with zero attached hydrogens (tertiary/aromatic N) is 1. The summed E-state index contributed by atoms with van der Waals surface area (Å²) in [4.78, 5) is 27.8. The zero-order valence-corrected chi connectivity index (χ0v) is 16.8. The SMILES string of the molecule is Cc1ccccc1[C@@H]1CN(C(=O)c2ccc(Cl)cc2)C[C@@H]1C(=O)NCC1CC1. The van der Waals surface area contributed by atoms with Crippen molar-refractivity contribution in [3.63, 3.8) is 0 Å². The van der Waals surface area contributed by atoms with Gasteiger partial charge in [0.25, 0.3) is 5.91 Å². The summed E-state index contributed by atoms with van der Waals surface area (Å²) in [7, 11) is 0. The van der Waals surface area contributed by atoms with Crippen LogP contribution < -0.4 is 5.32 Å². The van der Waals surface area contributed by atoms with Crippen LogP contribution in [0, 0.1) is 18.8 Å². The lowest BCUT2D eigenvalue weighted by Crippen LogP contribution is -2.36. The second kappa shape index (κ2) is 7.96. The Labute approximate surface area is 170 Å². The summed E-state index contributed by atoms with van der Waals surface area (Å²) in [6.07, 6.45) is 2.40. The van der Waals surface area contributed by atoms with Gasteiger partial charge in [-0.25, -0.2) is 0 Å². The van der Waals surface area contributed by atoms with Gasteiger partial charge >= 0.3 is 0 Å². The Morgan fingerprint density at radius 3 is 2.46 bits per heavy atom. The highest BCUT2D eigenvalue weighted by Gasteiger charge is 2.41. The molecule has 2 amide bonds. The molecule has 146 valence electrons. The van der Waals surface area contributed by atoms with Crippen LogP contribution in [0.3, 0.4) is 0 Å². The summed E-state index contributed by atoms with van der Waals surface area (Å²) in [5.41, 5.74) is 2.92. The van der Waals surface area contributed by atoms with Gasteiger partial charge in [0.15, 0.2) is 0 Å². The maximum absolute atomic E-state index is 13.0. The minimum Gasteiger partial charge on any atom is -0.356 e. The molecule has 0 aromatic heterocycles. The number of carbonyl (C=O) groups is 2. The van der Waals surface area contributed by atoms with Gasteiger partial charge in [-0.15, -0.1) is 0 Å². The fraction of sp³-hybridized carbons (Fsp3) is 0.391. The summed E-state index contributed by atoms with van der Waals surface area (Å²) in [6, 6.07) is 15.1. The number of likely N-dealkylation sites (tertiary alicyclic amines) is 1. The third kappa shape index (κ3) is 4.07. The Kier molecular flexibility index (Phi) is 5.40. The monoisotopic (exact) mass is 396 g/mol. The predicted molar refractivity (Wildman–Crippen MR) is 110 cm³/mol. The van der Waals surface area contributed by atoms with Crippen LogP contribution in [0.15, 0.2) is 48.5 Å². The van der Waals surface area contributed by atoms with Crippen LogP contribution in [0.2, 0.25) is 5.02 Å². The molecule has 2 aromatic carbocycles. The van der Waals surface area contributed by atoms with Crippen molar-refractivity contribution >= 4 is 23.4 Å². The van der Waals surface area contributed by atoms with E-state index < -0.39 is 0 Å². The van der Waals surface area contributed by atoms with Gasteiger partial charge in [0.05, 0.1) is 5.92 Å². The molecule has 0 bridgehead atoms. The van der Waals surface area contributed by atoms with Gasteiger partial charge in [0.1, 0.15) is 0 Å². The first-order chi connectivity index (χ1) is 13.5. The molecule has 1 saturated heterocycles. The van der Waals surface area contributed by atoms with Gasteiger partial charge in [-0.3, -0.25) is 9.59 Å². The van der Waals surface area contributed by atoms with Crippen molar-refractivity contribution in [2.24, 2.45) is 11.8 Å². The number of carbonyl (C=O) groups excluding carboxylic acids is 2. The number of benzene rings is 2. The van der Waals surface area contributed by atoms with E-state index in [0.29, 0.717) is 29.6 Å². The van der Waals surface area contributed by atoms with Crippen molar-refractivity contribution in [2.45, 2.75) is 25.7 Å². The molecule has 1 heterocycles. The van der Waals surface area contributed by atoms with E-state index in [4.69, 9.17) is 11.6 Å². The second-order valence-corrected chi connectivity index (χ2v) is 8.41. The molecule has 1 aliphatic heterocycles. The van der Waals surface area contributed by atoms with E-state index in [1.54, 1.807) is 24.3 Å². The number of amides is 2. The van der Waals surface area contributed by atoms with Crippen LogP contribution in [0.1, 0.15) is 40.2 Å². The molecule has 2 atom stereocenters. The molecule has 1 saturated carbocycles. The zero-order valence-electron chi connectivity index (χ0n) is 16.0. The standard InChI is InChI=1S/C23H25ClN2O2/c1-15-4-2-3-5-19(15)20-13-26(23(28)17-8-10-18(24)11-9-17)14-21(20)22(27)25-12-16-6-7-16/h2-5,8-11,16,20-21H,6-7,12-14H2,1H3,(H,25,27)/t20-,21-/m0/s1. The van der Waals surface area contributed by atoms with Gasteiger partial charge < -0.3 is 10.2 Å². The van der Waals surface area contributed by atoms with E-state index in [0.717, 1.165) is 17.7 Å². The Morgan fingerprint density at radius 2 is 1.79 bits per heavy atom. The molecule has 1 N–H and O–H groups in total. The number of halogens is 1. The molecule has 28 heavy (non-hydrogen) atoms. The maximum Gasteiger partial charge on any atom is 0.253 e. The number of hydrogen-bond acceptors (Lipinski definition) is 2. The zero-order chi connectivity index (χ0) is 19.7. The lowest BCUT2D eigenvalue weighted by atomic mass is 9.86. The molecule has 0 radical (unpaired) electrons. The molecule has 5 heteroatoms. The highest BCUT2D eigenvalue weighted by atomic mass is 35.5. The molecular weight excluding hydrogens is 372 g/mol. The Hall–Kier alpha value is -2.33. The fourth-order valence-electron chi connectivity index (χ4n) is 4.03. The number of hydrogen-bond donors (Lipinski definition) is 1. The van der Waals surface area contributed by atoms with Gasteiger partial charge in [-0.2, -0.15) is 0 Å². The van der Waals surface area contributed by atoms with Crippen molar-refractivity contribution in [2.75, 3.05) is 19.6 Å². The Balaban J connectivity index is 1.56. The highest BCUT2D eigenvalue weighted by molar-refractivity contribution is 6.30. The van der Waals surface area contributed by atoms with E-state index >= 15 is 0 Å². The predicted octanol–water partition coefficient (Wildman–Crippen LogP) is 4.03. The average molecular weight is 397 g/mol. The second-order valence-electron chi connectivity index (χ2n) is 7.98. The van der Waals surface area contributed by atoms with Crippen molar-refractivity contribution < 1.29 is 9.59 Å². The lowest BCUT2D eigenvalue weighted by Gasteiger charge is -2.20. The smallest absolute Gasteiger partial charge is 0.253 e. The molecule has 0 unspecified atom stereocenters. The topological polar surface area (TPSA) is 49.4 Å². The molecule has 4 rings (SSSR count). The van der Waals surface area contributed by atoms with Crippen LogP contribution in [0.25, 0.3) is 0 Å². The average Bonchev–Trinajstić information content (AvgIpc) is 3.43. The van der Waals surface area contributed by atoms with Gasteiger partial charge in [0.2, 0.25) is 5.91 Å². The van der Waals surface area contributed by atoms with E-state index in [1.165, 1.54) is 12.8 Å². The van der Waals surface area contributed by atoms with Gasteiger partial charge in [0, 0.05) is 36.1 Å². The highest BCUT2D eigenvalue weighted by Crippen LogP contribution is 2.36. The minimum absolute atomic E-state index is 0.0108. The first kappa shape index (κ1) is 19.0. The van der Waals surface area contributed by atoms with E-state index in [1.807, 2.05) is 17.0 Å². The lowest BCUT2D eigenvalue weighted by molar-refractivity contribution is -0.125. The first-order valence-corrected chi connectivity index (χ1v) is 10.3. The van der Waals surface area contributed by atoms with Crippen LogP contribution in [-0.2, 0) is 4.79 Å². The number of nitrogens with one attached hydrogen (secondary N) is 1.